The Morgan fingerprint density at radius 3 is 2.62 bits per heavy atom. The maximum absolute atomic E-state index is 14.5. The van der Waals surface area contributed by atoms with Crippen LogP contribution in [-0.2, 0) is 17.8 Å². The van der Waals surface area contributed by atoms with Gasteiger partial charge in [-0.05, 0) is 29.8 Å². The number of hydrogen-bond acceptors (Lipinski definition) is 4. The largest absolute Gasteiger partial charge is 0.497 e. The average Bonchev–Trinajstić information content (AvgIpc) is 2.91. The van der Waals surface area contributed by atoms with Crippen molar-refractivity contribution < 1.29 is 23.5 Å². The first kappa shape index (κ1) is 16.7. The summed E-state index contributed by atoms with van der Waals surface area (Å²) in [6, 6.07) is 10.1. The maximum Gasteiger partial charge on any atom is 0.254 e. The van der Waals surface area contributed by atoms with Crippen LogP contribution in [0.3, 0.4) is 0 Å². The summed E-state index contributed by atoms with van der Waals surface area (Å²) in [4.78, 5) is 26.6. The standard InChI is InChI=1S/C20H18FNO4/c1-25-15-4-2-12(3-5-15)8-22-9-17-16(20(22)24)6-13(7-18(17)21)19(23)14-10-26-11-14/h2-7,14H,8-11H2,1H3. The first-order chi connectivity index (χ1) is 12.6. The summed E-state index contributed by atoms with van der Waals surface area (Å²) >= 11 is 0. The van der Waals surface area contributed by atoms with E-state index in [1.54, 1.807) is 12.0 Å². The zero-order valence-corrected chi connectivity index (χ0v) is 14.3. The van der Waals surface area contributed by atoms with Crippen LogP contribution in [0, 0.1) is 11.7 Å². The van der Waals surface area contributed by atoms with E-state index < -0.39 is 5.82 Å². The Balaban J connectivity index is 1.56. The molecule has 0 N–H and O–H groups in total. The van der Waals surface area contributed by atoms with Gasteiger partial charge in [-0.1, -0.05) is 12.1 Å². The van der Waals surface area contributed by atoms with E-state index in [-0.39, 0.29) is 35.3 Å². The fourth-order valence-electron chi connectivity index (χ4n) is 3.27. The SMILES string of the molecule is COc1ccc(CN2Cc3c(F)cc(C(=O)C4COC4)cc3C2=O)cc1. The third-order valence-electron chi connectivity index (χ3n) is 4.89. The number of hydrogen-bond donors (Lipinski definition) is 0. The number of carbonyl (C=O) groups excluding carboxylic acids is 2. The molecule has 26 heavy (non-hydrogen) atoms. The van der Waals surface area contributed by atoms with Crippen molar-refractivity contribution in [2.45, 2.75) is 13.1 Å². The van der Waals surface area contributed by atoms with E-state index in [2.05, 4.69) is 0 Å². The van der Waals surface area contributed by atoms with E-state index in [1.807, 2.05) is 24.3 Å². The van der Waals surface area contributed by atoms with E-state index in [1.165, 1.54) is 12.1 Å². The van der Waals surface area contributed by atoms with Crippen LogP contribution in [0.1, 0.15) is 31.8 Å². The van der Waals surface area contributed by atoms with E-state index in [9.17, 15) is 14.0 Å². The fraction of sp³-hybridized carbons (Fsp3) is 0.300. The number of ether oxygens (including phenoxy) is 2. The van der Waals surface area contributed by atoms with Gasteiger partial charge in [-0.15, -0.1) is 0 Å². The molecule has 0 spiro atoms. The molecule has 134 valence electrons. The second kappa shape index (κ2) is 6.53. The number of halogens is 1. The lowest BCUT2D eigenvalue weighted by atomic mass is 9.94. The molecule has 2 aliphatic rings. The van der Waals surface area contributed by atoms with Gasteiger partial charge in [0.2, 0.25) is 0 Å². The minimum atomic E-state index is -0.503. The van der Waals surface area contributed by atoms with Crippen molar-refractivity contribution in [3.8, 4) is 5.75 Å². The number of ketones is 1. The van der Waals surface area contributed by atoms with Crippen molar-refractivity contribution in [2.75, 3.05) is 20.3 Å². The van der Waals surface area contributed by atoms with E-state index in [0.29, 0.717) is 25.3 Å². The van der Waals surface area contributed by atoms with Crippen molar-refractivity contribution in [1.82, 2.24) is 4.90 Å². The van der Waals surface area contributed by atoms with Crippen LogP contribution in [0.5, 0.6) is 5.75 Å². The van der Waals surface area contributed by atoms with Gasteiger partial charge < -0.3 is 14.4 Å². The van der Waals surface area contributed by atoms with Gasteiger partial charge in [-0.3, -0.25) is 9.59 Å². The van der Waals surface area contributed by atoms with E-state index >= 15 is 0 Å². The van der Waals surface area contributed by atoms with Gasteiger partial charge in [0.15, 0.2) is 5.78 Å². The third-order valence-corrected chi connectivity index (χ3v) is 4.89. The summed E-state index contributed by atoms with van der Waals surface area (Å²) in [6.45, 7) is 1.29. The minimum absolute atomic E-state index is 0.167. The summed E-state index contributed by atoms with van der Waals surface area (Å²) in [6.07, 6.45) is 0. The lowest BCUT2D eigenvalue weighted by Gasteiger charge is -2.24. The van der Waals surface area contributed by atoms with Crippen LogP contribution in [0.4, 0.5) is 4.39 Å². The Bertz CT molecular complexity index is 874. The Labute approximate surface area is 150 Å². The predicted molar refractivity (Wildman–Crippen MR) is 91.6 cm³/mol. The molecule has 0 radical (unpaired) electrons. The Morgan fingerprint density at radius 1 is 1.27 bits per heavy atom. The number of carbonyl (C=O) groups is 2. The molecule has 6 heteroatoms. The second-order valence-corrected chi connectivity index (χ2v) is 6.59. The zero-order chi connectivity index (χ0) is 18.3. The molecule has 2 aliphatic heterocycles. The maximum atomic E-state index is 14.5. The number of methoxy groups -OCH3 is 1. The molecule has 0 unspecified atom stereocenters. The minimum Gasteiger partial charge on any atom is -0.497 e. The van der Waals surface area contributed by atoms with Crippen LogP contribution in [0.15, 0.2) is 36.4 Å². The summed E-state index contributed by atoms with van der Waals surface area (Å²) in [5, 5.41) is 0. The average molecular weight is 355 g/mol. The van der Waals surface area contributed by atoms with Gasteiger partial charge in [0.25, 0.3) is 5.91 Å². The molecule has 1 fully saturated rings. The molecule has 2 aromatic carbocycles. The van der Waals surface area contributed by atoms with Crippen molar-refractivity contribution in [1.29, 1.82) is 0 Å². The van der Waals surface area contributed by atoms with Crippen LogP contribution in [-0.4, -0.2) is 36.9 Å². The highest BCUT2D eigenvalue weighted by molar-refractivity contribution is 6.04. The van der Waals surface area contributed by atoms with E-state index in [4.69, 9.17) is 9.47 Å². The molecule has 2 aromatic rings. The molecule has 0 bridgehead atoms. The van der Waals surface area contributed by atoms with Gasteiger partial charge in [0, 0.05) is 23.2 Å². The number of benzene rings is 2. The van der Waals surface area contributed by atoms with Crippen molar-refractivity contribution >= 4 is 11.7 Å². The van der Waals surface area contributed by atoms with Crippen LogP contribution >= 0.6 is 0 Å². The molecule has 0 saturated carbocycles. The molecule has 5 nitrogen and oxygen atoms in total. The first-order valence-electron chi connectivity index (χ1n) is 8.43. The van der Waals surface area contributed by atoms with Crippen molar-refractivity contribution in [3.05, 3.63) is 64.5 Å². The van der Waals surface area contributed by atoms with E-state index in [0.717, 1.165) is 11.3 Å². The number of rotatable bonds is 5. The van der Waals surface area contributed by atoms with Crippen LogP contribution in [0.25, 0.3) is 0 Å². The normalized spacial score (nSPS) is 16.4. The summed E-state index contributed by atoms with van der Waals surface area (Å²) in [5.41, 5.74) is 1.80. The summed E-state index contributed by atoms with van der Waals surface area (Å²) < 4.78 is 24.6. The molecular weight excluding hydrogens is 337 g/mol. The molecule has 0 atom stereocenters. The highest BCUT2D eigenvalue weighted by atomic mass is 19.1. The first-order valence-corrected chi connectivity index (χ1v) is 8.43. The molecule has 1 amide bonds. The number of Topliss-reactive ketones (excluding diaryl/α,β-unsaturated/α-hetero) is 1. The lowest BCUT2D eigenvalue weighted by Crippen LogP contribution is -2.34. The second-order valence-electron chi connectivity index (χ2n) is 6.59. The Hall–Kier alpha value is -2.73. The van der Waals surface area contributed by atoms with Gasteiger partial charge >= 0.3 is 0 Å². The highest BCUT2D eigenvalue weighted by Crippen LogP contribution is 2.30. The topological polar surface area (TPSA) is 55.8 Å². The molecule has 1 saturated heterocycles. The van der Waals surface area contributed by atoms with Gasteiger partial charge in [0.1, 0.15) is 11.6 Å². The Morgan fingerprint density at radius 2 is 2.00 bits per heavy atom. The lowest BCUT2D eigenvalue weighted by molar-refractivity contribution is -0.0194. The summed E-state index contributed by atoms with van der Waals surface area (Å²) in [5.74, 6) is -0.427. The smallest absolute Gasteiger partial charge is 0.254 e. The predicted octanol–water partition coefficient (Wildman–Crippen LogP) is 2.82. The van der Waals surface area contributed by atoms with Crippen LogP contribution < -0.4 is 4.74 Å². The van der Waals surface area contributed by atoms with Gasteiger partial charge in [-0.25, -0.2) is 4.39 Å². The quantitative estimate of drug-likeness (QED) is 0.774. The van der Waals surface area contributed by atoms with Crippen molar-refractivity contribution in [3.63, 3.8) is 0 Å². The molecule has 0 aromatic heterocycles. The monoisotopic (exact) mass is 355 g/mol. The number of fused-ring (bicyclic) bond motifs is 1. The van der Waals surface area contributed by atoms with Gasteiger partial charge in [0.05, 0.1) is 32.8 Å². The number of nitrogens with zero attached hydrogens (tertiary/aromatic N) is 1. The Kier molecular flexibility index (Phi) is 4.20. The van der Waals surface area contributed by atoms with Crippen LogP contribution in [0.2, 0.25) is 0 Å². The van der Waals surface area contributed by atoms with Gasteiger partial charge in [-0.2, -0.15) is 0 Å². The highest BCUT2D eigenvalue weighted by Gasteiger charge is 2.33. The summed E-state index contributed by atoms with van der Waals surface area (Å²) in [7, 11) is 1.59. The number of amides is 1. The fourth-order valence-corrected chi connectivity index (χ4v) is 3.27. The molecular formula is C20H18FNO4. The molecule has 2 heterocycles. The third kappa shape index (κ3) is 2.86. The molecule has 0 aliphatic carbocycles. The zero-order valence-electron chi connectivity index (χ0n) is 14.3. The molecule has 4 rings (SSSR count). The van der Waals surface area contributed by atoms with Crippen molar-refractivity contribution in [2.24, 2.45) is 5.92 Å².